The summed E-state index contributed by atoms with van der Waals surface area (Å²) in [7, 11) is -2.21. The molecule has 158 valence electrons. The first kappa shape index (κ1) is 22.9. The standard InChI is InChI=1S/C18H27N3O5S.ClH/c1-13-11-14(5-6-19-13)20-18(22)16-12-15(3-4-17(16)25-2)27(23,24)21-7-9-26-10-8-21;/h3-4,12-14,19H,5-11H2,1-2H3,(H,20,22);1H. The highest BCUT2D eigenvalue weighted by atomic mass is 35.5. The molecule has 10 heteroatoms. The molecule has 0 spiro atoms. The molecule has 0 radical (unpaired) electrons. The number of ether oxygens (including phenoxy) is 2. The molecule has 1 aromatic carbocycles. The van der Waals surface area contributed by atoms with Gasteiger partial charge in [-0.25, -0.2) is 8.42 Å². The number of rotatable bonds is 5. The molecule has 2 atom stereocenters. The number of morpholine rings is 1. The molecule has 0 bridgehead atoms. The van der Waals surface area contributed by atoms with E-state index >= 15 is 0 Å². The molecule has 2 heterocycles. The maximum Gasteiger partial charge on any atom is 0.255 e. The second-order valence-corrected chi connectivity index (χ2v) is 8.87. The van der Waals surface area contributed by atoms with Gasteiger partial charge >= 0.3 is 0 Å². The molecular formula is C18H28ClN3O5S. The average Bonchev–Trinajstić information content (AvgIpc) is 2.68. The van der Waals surface area contributed by atoms with Crippen molar-refractivity contribution in [3.8, 4) is 5.75 Å². The fourth-order valence-electron chi connectivity index (χ4n) is 3.49. The molecule has 1 amide bonds. The van der Waals surface area contributed by atoms with Crippen LogP contribution in [0.3, 0.4) is 0 Å². The molecular weight excluding hydrogens is 406 g/mol. The van der Waals surface area contributed by atoms with E-state index in [-0.39, 0.29) is 34.8 Å². The van der Waals surface area contributed by atoms with Gasteiger partial charge in [0.05, 0.1) is 30.8 Å². The number of sulfonamides is 1. The molecule has 2 aliphatic heterocycles. The van der Waals surface area contributed by atoms with Crippen molar-refractivity contribution >= 4 is 28.3 Å². The minimum Gasteiger partial charge on any atom is -0.496 e. The average molecular weight is 434 g/mol. The summed E-state index contributed by atoms with van der Waals surface area (Å²) in [5.74, 6) is 0.0420. The Morgan fingerprint density at radius 1 is 1.32 bits per heavy atom. The van der Waals surface area contributed by atoms with Crippen molar-refractivity contribution < 1.29 is 22.7 Å². The number of benzene rings is 1. The predicted octanol–water partition coefficient (Wildman–Crippen LogP) is 1.01. The lowest BCUT2D eigenvalue weighted by Gasteiger charge is -2.29. The number of hydrogen-bond donors (Lipinski definition) is 2. The van der Waals surface area contributed by atoms with Gasteiger partial charge in [0.1, 0.15) is 5.75 Å². The number of amides is 1. The Hall–Kier alpha value is -1.39. The van der Waals surface area contributed by atoms with Crippen LogP contribution in [-0.4, -0.2) is 70.7 Å². The van der Waals surface area contributed by atoms with Crippen molar-refractivity contribution in [1.82, 2.24) is 14.9 Å². The van der Waals surface area contributed by atoms with Crippen LogP contribution in [0.25, 0.3) is 0 Å². The third-order valence-corrected chi connectivity index (χ3v) is 6.88. The minimum atomic E-state index is -3.68. The van der Waals surface area contributed by atoms with Gasteiger partial charge in [-0.05, 0) is 44.5 Å². The van der Waals surface area contributed by atoms with E-state index in [0.29, 0.717) is 38.1 Å². The van der Waals surface area contributed by atoms with Gasteiger partial charge in [0.15, 0.2) is 0 Å². The van der Waals surface area contributed by atoms with E-state index in [2.05, 4.69) is 17.6 Å². The first-order valence-electron chi connectivity index (χ1n) is 9.22. The predicted molar refractivity (Wildman–Crippen MR) is 108 cm³/mol. The van der Waals surface area contributed by atoms with Crippen molar-refractivity contribution in [2.75, 3.05) is 40.0 Å². The van der Waals surface area contributed by atoms with Gasteiger partial charge in [0.2, 0.25) is 10.0 Å². The van der Waals surface area contributed by atoms with Gasteiger partial charge in [0.25, 0.3) is 5.91 Å². The van der Waals surface area contributed by atoms with Crippen molar-refractivity contribution in [2.24, 2.45) is 0 Å². The highest BCUT2D eigenvalue weighted by Crippen LogP contribution is 2.25. The van der Waals surface area contributed by atoms with Crippen molar-refractivity contribution in [3.05, 3.63) is 23.8 Å². The largest absolute Gasteiger partial charge is 0.496 e. The number of carbonyl (C=O) groups is 1. The molecule has 2 saturated heterocycles. The summed E-state index contributed by atoms with van der Waals surface area (Å²) in [6.45, 7) is 4.28. The summed E-state index contributed by atoms with van der Waals surface area (Å²) < 4.78 is 37.7. The molecule has 1 aromatic rings. The Kier molecular flexibility index (Phi) is 8.08. The van der Waals surface area contributed by atoms with Crippen LogP contribution in [0.5, 0.6) is 5.75 Å². The van der Waals surface area contributed by atoms with E-state index in [0.717, 1.165) is 19.4 Å². The Balaban J connectivity index is 0.00000280. The zero-order chi connectivity index (χ0) is 19.4. The van der Waals surface area contributed by atoms with Gasteiger partial charge in [-0.1, -0.05) is 0 Å². The molecule has 0 saturated carbocycles. The minimum absolute atomic E-state index is 0. The summed E-state index contributed by atoms with van der Waals surface area (Å²) >= 11 is 0. The number of piperidine rings is 1. The van der Waals surface area contributed by atoms with Crippen LogP contribution in [0.4, 0.5) is 0 Å². The van der Waals surface area contributed by atoms with Gasteiger partial charge in [-0.3, -0.25) is 4.79 Å². The van der Waals surface area contributed by atoms with E-state index in [1.807, 2.05) is 0 Å². The fraction of sp³-hybridized carbons (Fsp3) is 0.611. The second kappa shape index (κ2) is 9.89. The highest BCUT2D eigenvalue weighted by molar-refractivity contribution is 7.89. The monoisotopic (exact) mass is 433 g/mol. The lowest BCUT2D eigenvalue weighted by Crippen LogP contribution is -2.46. The zero-order valence-corrected chi connectivity index (χ0v) is 17.8. The van der Waals surface area contributed by atoms with E-state index < -0.39 is 10.0 Å². The van der Waals surface area contributed by atoms with Crippen LogP contribution in [0.1, 0.15) is 30.1 Å². The number of methoxy groups -OCH3 is 1. The maximum absolute atomic E-state index is 12.9. The van der Waals surface area contributed by atoms with Crippen LogP contribution < -0.4 is 15.4 Å². The lowest BCUT2D eigenvalue weighted by molar-refractivity contribution is 0.0730. The first-order valence-corrected chi connectivity index (χ1v) is 10.7. The van der Waals surface area contributed by atoms with Crippen molar-refractivity contribution in [2.45, 2.75) is 36.7 Å². The highest BCUT2D eigenvalue weighted by Gasteiger charge is 2.29. The van der Waals surface area contributed by atoms with E-state index in [1.165, 1.54) is 29.6 Å². The van der Waals surface area contributed by atoms with E-state index in [1.54, 1.807) is 0 Å². The molecule has 8 nitrogen and oxygen atoms in total. The first-order chi connectivity index (χ1) is 12.9. The third kappa shape index (κ3) is 5.15. The van der Waals surface area contributed by atoms with Crippen LogP contribution in [0.2, 0.25) is 0 Å². The van der Waals surface area contributed by atoms with Gasteiger partial charge in [-0.2, -0.15) is 4.31 Å². The van der Waals surface area contributed by atoms with Crippen LogP contribution >= 0.6 is 12.4 Å². The van der Waals surface area contributed by atoms with Gasteiger partial charge in [0, 0.05) is 25.2 Å². The van der Waals surface area contributed by atoms with Crippen LogP contribution in [-0.2, 0) is 14.8 Å². The lowest BCUT2D eigenvalue weighted by atomic mass is 10.00. The van der Waals surface area contributed by atoms with Gasteiger partial charge < -0.3 is 20.1 Å². The summed E-state index contributed by atoms with van der Waals surface area (Å²) in [6.07, 6.45) is 1.67. The van der Waals surface area contributed by atoms with Crippen molar-refractivity contribution in [1.29, 1.82) is 0 Å². The molecule has 2 unspecified atom stereocenters. The number of nitrogens with one attached hydrogen (secondary N) is 2. The molecule has 0 aromatic heterocycles. The summed E-state index contributed by atoms with van der Waals surface area (Å²) in [5, 5.41) is 6.35. The Labute approximate surface area is 172 Å². The quantitative estimate of drug-likeness (QED) is 0.719. The van der Waals surface area contributed by atoms with E-state index in [9.17, 15) is 13.2 Å². The smallest absolute Gasteiger partial charge is 0.255 e. The van der Waals surface area contributed by atoms with E-state index in [4.69, 9.17) is 9.47 Å². The number of hydrogen-bond acceptors (Lipinski definition) is 6. The molecule has 3 rings (SSSR count). The molecule has 28 heavy (non-hydrogen) atoms. The fourth-order valence-corrected chi connectivity index (χ4v) is 4.92. The van der Waals surface area contributed by atoms with Crippen LogP contribution in [0.15, 0.2) is 23.1 Å². The Morgan fingerprint density at radius 3 is 2.68 bits per heavy atom. The zero-order valence-electron chi connectivity index (χ0n) is 16.1. The molecule has 2 N–H and O–H groups in total. The maximum atomic E-state index is 12.9. The number of nitrogens with zero attached hydrogens (tertiary/aromatic N) is 1. The summed E-state index contributed by atoms with van der Waals surface area (Å²) in [4.78, 5) is 12.9. The SMILES string of the molecule is COc1ccc(S(=O)(=O)N2CCOCC2)cc1C(=O)NC1CCNC(C)C1.Cl. The van der Waals surface area contributed by atoms with Crippen LogP contribution in [0, 0.1) is 0 Å². The third-order valence-electron chi connectivity index (χ3n) is 4.98. The molecule has 2 aliphatic rings. The second-order valence-electron chi connectivity index (χ2n) is 6.93. The normalized spacial score (nSPS) is 23.5. The Morgan fingerprint density at radius 2 is 2.04 bits per heavy atom. The van der Waals surface area contributed by atoms with Gasteiger partial charge in [-0.15, -0.1) is 12.4 Å². The topological polar surface area (TPSA) is 97.0 Å². The number of carbonyl (C=O) groups excluding carboxylic acids is 1. The Bertz CT molecular complexity index is 783. The van der Waals surface area contributed by atoms with Crippen molar-refractivity contribution in [3.63, 3.8) is 0 Å². The molecule has 0 aliphatic carbocycles. The number of halogens is 1. The summed E-state index contributed by atoms with van der Waals surface area (Å²) in [6, 6.07) is 4.81. The summed E-state index contributed by atoms with van der Waals surface area (Å²) in [5.41, 5.74) is 0.234. The molecule has 2 fully saturated rings.